The van der Waals surface area contributed by atoms with Gasteiger partial charge in [-0.15, -0.1) is 0 Å². The Labute approximate surface area is 327 Å². The highest BCUT2D eigenvalue weighted by atomic mass is 35.5. The zero-order valence-corrected chi connectivity index (χ0v) is 33.0. The molecule has 0 unspecified atom stereocenters. The fourth-order valence-corrected chi connectivity index (χ4v) is 6.70. The van der Waals surface area contributed by atoms with Crippen molar-refractivity contribution in [3.05, 3.63) is 130 Å². The first-order valence-electron chi connectivity index (χ1n) is 19.5. The van der Waals surface area contributed by atoms with Gasteiger partial charge in [0.1, 0.15) is 5.75 Å². The highest BCUT2D eigenvalue weighted by Gasteiger charge is 2.19. The van der Waals surface area contributed by atoms with E-state index in [1.54, 1.807) is 6.07 Å². The molecule has 1 aliphatic rings. The summed E-state index contributed by atoms with van der Waals surface area (Å²) >= 11 is 12.6. The van der Waals surface area contributed by atoms with Gasteiger partial charge in [-0.1, -0.05) is 110 Å². The summed E-state index contributed by atoms with van der Waals surface area (Å²) < 4.78 is 7.36. The molecular weight excluding hydrogens is 701 g/mol. The fourth-order valence-electron chi connectivity index (χ4n) is 6.29. The predicted molar refractivity (Wildman–Crippen MR) is 226 cm³/mol. The van der Waals surface area contributed by atoms with Gasteiger partial charge in [-0.2, -0.15) is 0 Å². The standard InChI is InChI=1S/C45H57Cl2N3O3/c1-2-3-4-5-6-7-8-9-10-11-12-13-14-15-16-17-18-19-20-26-43(51)50-42-37-39(29-27-38(42)28-30-44(50)52)53-36-22-21-31-48-32-34-49(35-33-48)41-25-23-24-40(46)45(41)47/h6-7,9-10,12-13,15-16,18-19,23-25,27-30,37H,2-5,8,11,14,17,20-22,26,31-36H2,1H3/b7-6-,10-9-,13-12-,16-15-,19-18-. The van der Waals surface area contributed by atoms with Gasteiger partial charge in [0, 0.05) is 44.7 Å². The van der Waals surface area contributed by atoms with E-state index in [-0.39, 0.29) is 17.9 Å². The molecule has 0 radical (unpaired) electrons. The largest absolute Gasteiger partial charge is 0.494 e. The van der Waals surface area contributed by atoms with Crippen LogP contribution in [0.5, 0.6) is 5.75 Å². The summed E-state index contributed by atoms with van der Waals surface area (Å²) in [6.07, 6.45) is 33.3. The van der Waals surface area contributed by atoms with Gasteiger partial charge in [-0.25, -0.2) is 4.57 Å². The SMILES string of the molecule is CCCCC/C=C\C/C=C\C/C=C\C/C=C\C/C=C\CCC(=O)n1c(=O)ccc2ccc(OCCCCN3CCN(c4cccc(Cl)c4Cl)CC3)cc21. The van der Waals surface area contributed by atoms with E-state index in [1.807, 2.05) is 42.5 Å². The third-order valence-electron chi connectivity index (χ3n) is 9.32. The minimum absolute atomic E-state index is 0.210. The van der Waals surface area contributed by atoms with Gasteiger partial charge in [0.2, 0.25) is 5.91 Å². The number of allylic oxidation sites excluding steroid dienone is 10. The van der Waals surface area contributed by atoms with Crippen molar-refractivity contribution in [1.82, 2.24) is 9.47 Å². The minimum atomic E-state index is -0.317. The van der Waals surface area contributed by atoms with E-state index in [2.05, 4.69) is 71.4 Å². The molecule has 2 aromatic carbocycles. The Morgan fingerprint density at radius 2 is 1.38 bits per heavy atom. The van der Waals surface area contributed by atoms with E-state index in [0.29, 0.717) is 34.3 Å². The molecule has 284 valence electrons. The third-order valence-corrected chi connectivity index (χ3v) is 10.1. The van der Waals surface area contributed by atoms with Crippen LogP contribution in [0.25, 0.3) is 10.9 Å². The average molecular weight is 759 g/mol. The lowest BCUT2D eigenvalue weighted by molar-refractivity contribution is 0.0905. The number of aromatic nitrogens is 1. The maximum atomic E-state index is 13.2. The predicted octanol–water partition coefficient (Wildman–Crippen LogP) is 11.6. The average Bonchev–Trinajstić information content (AvgIpc) is 3.16. The van der Waals surface area contributed by atoms with Crippen LogP contribution in [0, 0.1) is 0 Å². The molecule has 0 bridgehead atoms. The van der Waals surface area contributed by atoms with Crippen LogP contribution >= 0.6 is 23.2 Å². The number of anilines is 1. The molecule has 4 rings (SSSR count). The molecule has 1 saturated heterocycles. The molecule has 2 heterocycles. The van der Waals surface area contributed by atoms with Gasteiger partial charge < -0.3 is 9.64 Å². The van der Waals surface area contributed by atoms with Crippen LogP contribution in [-0.2, 0) is 0 Å². The van der Waals surface area contributed by atoms with Crippen LogP contribution in [0.3, 0.4) is 0 Å². The fraction of sp³-hybridized carbons (Fsp3) is 0.422. The number of unbranched alkanes of at least 4 members (excludes halogenated alkanes) is 4. The molecule has 0 aliphatic carbocycles. The van der Waals surface area contributed by atoms with Crippen molar-refractivity contribution in [2.75, 3.05) is 44.2 Å². The molecule has 1 fully saturated rings. The molecule has 1 aromatic heterocycles. The number of nitrogens with zero attached hydrogens (tertiary/aromatic N) is 3. The highest BCUT2D eigenvalue weighted by Crippen LogP contribution is 2.33. The smallest absolute Gasteiger partial charge is 0.257 e. The van der Waals surface area contributed by atoms with Gasteiger partial charge in [0.25, 0.3) is 5.56 Å². The van der Waals surface area contributed by atoms with E-state index < -0.39 is 0 Å². The van der Waals surface area contributed by atoms with Crippen LogP contribution in [0.4, 0.5) is 5.69 Å². The Kier molecular flexibility index (Phi) is 19.3. The first-order chi connectivity index (χ1) is 26.0. The molecule has 0 N–H and O–H groups in total. The number of fused-ring (bicyclic) bond motifs is 1. The number of ether oxygens (including phenoxy) is 1. The molecule has 0 saturated carbocycles. The maximum absolute atomic E-state index is 13.2. The third kappa shape index (κ3) is 14.8. The van der Waals surface area contributed by atoms with Crippen molar-refractivity contribution < 1.29 is 9.53 Å². The number of piperazine rings is 1. The number of benzene rings is 2. The van der Waals surface area contributed by atoms with E-state index in [9.17, 15) is 9.59 Å². The molecule has 8 heteroatoms. The number of pyridine rings is 1. The summed E-state index contributed by atoms with van der Waals surface area (Å²) in [4.78, 5) is 30.8. The number of rotatable bonds is 22. The van der Waals surface area contributed by atoms with Crippen molar-refractivity contribution in [3.8, 4) is 5.75 Å². The molecule has 0 amide bonds. The van der Waals surface area contributed by atoms with Gasteiger partial charge in [0.15, 0.2) is 0 Å². The van der Waals surface area contributed by atoms with Crippen LogP contribution < -0.4 is 15.2 Å². The normalized spacial score (nSPS) is 14.4. The maximum Gasteiger partial charge on any atom is 0.257 e. The van der Waals surface area contributed by atoms with E-state index in [4.69, 9.17) is 27.9 Å². The lowest BCUT2D eigenvalue weighted by Crippen LogP contribution is -2.46. The molecule has 0 spiro atoms. The summed E-state index contributed by atoms with van der Waals surface area (Å²) in [7, 11) is 0. The Morgan fingerprint density at radius 1 is 0.736 bits per heavy atom. The number of hydrogen-bond donors (Lipinski definition) is 0. The quantitative estimate of drug-likeness (QED) is 0.0754. The number of halogens is 2. The zero-order chi connectivity index (χ0) is 37.5. The topological polar surface area (TPSA) is 54.8 Å². The number of hydrogen-bond acceptors (Lipinski definition) is 5. The van der Waals surface area contributed by atoms with Crippen molar-refractivity contribution in [2.24, 2.45) is 0 Å². The zero-order valence-electron chi connectivity index (χ0n) is 31.4. The highest BCUT2D eigenvalue weighted by molar-refractivity contribution is 6.43. The van der Waals surface area contributed by atoms with E-state index >= 15 is 0 Å². The molecule has 0 atom stereocenters. The Bertz CT molecular complexity index is 1770. The van der Waals surface area contributed by atoms with Crippen LogP contribution in [-0.4, -0.2) is 54.7 Å². The minimum Gasteiger partial charge on any atom is -0.494 e. The summed E-state index contributed by atoms with van der Waals surface area (Å²) in [5.41, 5.74) is 1.27. The van der Waals surface area contributed by atoms with Crippen molar-refractivity contribution in [2.45, 2.75) is 84.0 Å². The van der Waals surface area contributed by atoms with Gasteiger partial charge in [0.05, 0.1) is 27.9 Å². The molecule has 6 nitrogen and oxygen atoms in total. The summed E-state index contributed by atoms with van der Waals surface area (Å²) in [6, 6.07) is 14.6. The molecule has 1 aliphatic heterocycles. The first kappa shape index (κ1) is 41.9. The number of carbonyl (C=O) groups excluding carboxylic acids is 1. The first-order valence-corrected chi connectivity index (χ1v) is 20.2. The number of carbonyl (C=O) groups is 1. The van der Waals surface area contributed by atoms with Gasteiger partial charge in [-0.3, -0.25) is 14.5 Å². The Balaban J connectivity index is 1.12. The van der Waals surface area contributed by atoms with Crippen molar-refractivity contribution in [1.29, 1.82) is 0 Å². The molecule has 53 heavy (non-hydrogen) atoms. The monoisotopic (exact) mass is 757 g/mol. The molecular formula is C45H57Cl2N3O3. The summed E-state index contributed by atoms with van der Waals surface area (Å²) in [5, 5.41) is 2.04. The van der Waals surface area contributed by atoms with Crippen LogP contribution in [0.1, 0.15) is 88.8 Å². The Hall–Kier alpha value is -3.84. The Morgan fingerprint density at radius 3 is 2.06 bits per heavy atom. The second kappa shape index (κ2) is 24.5. The lowest BCUT2D eigenvalue weighted by atomic mass is 10.2. The van der Waals surface area contributed by atoms with Crippen LogP contribution in [0.2, 0.25) is 10.0 Å². The second-order valence-corrected chi connectivity index (χ2v) is 14.2. The van der Waals surface area contributed by atoms with Crippen molar-refractivity contribution >= 4 is 45.7 Å². The van der Waals surface area contributed by atoms with E-state index in [0.717, 1.165) is 82.3 Å². The summed E-state index contributed by atoms with van der Waals surface area (Å²) in [5.74, 6) is 0.452. The van der Waals surface area contributed by atoms with Crippen molar-refractivity contribution in [3.63, 3.8) is 0 Å². The summed E-state index contributed by atoms with van der Waals surface area (Å²) in [6.45, 7) is 7.58. The van der Waals surface area contributed by atoms with Gasteiger partial charge >= 0.3 is 0 Å². The lowest BCUT2D eigenvalue weighted by Gasteiger charge is -2.36. The van der Waals surface area contributed by atoms with Crippen LogP contribution in [0.15, 0.2) is 114 Å². The molecule has 3 aromatic rings. The van der Waals surface area contributed by atoms with E-state index in [1.165, 1.54) is 36.3 Å². The second-order valence-electron chi connectivity index (χ2n) is 13.4. The van der Waals surface area contributed by atoms with Gasteiger partial charge in [-0.05, 0) is 100 Å².